The number of aromatic nitrogens is 1. The number of hydrogen-bond donors (Lipinski definition) is 0. The second kappa shape index (κ2) is 16.4. The predicted molar refractivity (Wildman–Crippen MR) is 112 cm³/mol. The largest absolute Gasteiger partial charge is 0.290 e. The maximum absolute atomic E-state index is 4.15. The van der Waals surface area contributed by atoms with E-state index in [0.29, 0.717) is 6.04 Å². The number of nitrogens with zero attached hydrogens (tertiary/aromatic N) is 2. The molecule has 2 rings (SSSR count). The summed E-state index contributed by atoms with van der Waals surface area (Å²) in [7, 11) is 0. The van der Waals surface area contributed by atoms with Crippen LogP contribution in [0.5, 0.6) is 0 Å². The zero-order valence-corrected chi connectivity index (χ0v) is 16.1. The third kappa shape index (κ3) is 16.2. The lowest BCUT2D eigenvalue weighted by Gasteiger charge is -1.89. The van der Waals surface area contributed by atoms with Crippen LogP contribution in [0.2, 0.25) is 0 Å². The van der Waals surface area contributed by atoms with E-state index in [1.807, 2.05) is 67.0 Å². The Morgan fingerprint density at radius 2 is 1.76 bits per heavy atom. The van der Waals surface area contributed by atoms with Crippen LogP contribution in [-0.2, 0) is 6.42 Å². The van der Waals surface area contributed by atoms with Crippen LogP contribution in [0.1, 0.15) is 38.4 Å². The highest BCUT2D eigenvalue weighted by molar-refractivity contribution is 5.71. The minimum absolute atomic E-state index is 0.397. The van der Waals surface area contributed by atoms with E-state index >= 15 is 0 Å². The lowest BCUT2D eigenvalue weighted by atomic mass is 10.2. The topological polar surface area (TPSA) is 25.2 Å². The maximum Gasteiger partial charge on any atom is 0.0443 e. The van der Waals surface area contributed by atoms with Crippen LogP contribution in [0.15, 0.2) is 84.5 Å². The van der Waals surface area contributed by atoms with Crippen LogP contribution >= 0.6 is 0 Å². The van der Waals surface area contributed by atoms with Crippen molar-refractivity contribution in [1.29, 1.82) is 0 Å². The Kier molecular flexibility index (Phi) is 14.8. The first-order valence-electron chi connectivity index (χ1n) is 8.80. The van der Waals surface area contributed by atoms with Gasteiger partial charge in [-0.1, -0.05) is 61.0 Å². The second-order valence-corrected chi connectivity index (χ2v) is 5.67. The predicted octanol–water partition coefficient (Wildman–Crippen LogP) is 6.24. The zero-order chi connectivity index (χ0) is 18.8. The summed E-state index contributed by atoms with van der Waals surface area (Å²) in [5.74, 6) is 0. The molecule has 2 heteroatoms. The normalized spacial score (nSPS) is 10.1. The number of aryl methyl sites for hydroxylation is 2. The molecule has 0 spiro atoms. The first-order chi connectivity index (χ1) is 12.1. The van der Waals surface area contributed by atoms with Crippen molar-refractivity contribution in [1.82, 2.24) is 4.98 Å². The molecule has 0 N–H and O–H groups in total. The van der Waals surface area contributed by atoms with Crippen LogP contribution in [0, 0.1) is 6.92 Å². The summed E-state index contributed by atoms with van der Waals surface area (Å²) in [4.78, 5) is 8.25. The summed E-state index contributed by atoms with van der Waals surface area (Å²) in [5.41, 5.74) is 2.48. The molecule has 1 heterocycles. The molecule has 0 aliphatic rings. The fourth-order valence-electron chi connectivity index (χ4n) is 1.60. The van der Waals surface area contributed by atoms with E-state index in [4.69, 9.17) is 0 Å². The van der Waals surface area contributed by atoms with Crippen LogP contribution in [-0.4, -0.2) is 17.2 Å². The number of aliphatic imine (C=N–C) groups is 1. The smallest absolute Gasteiger partial charge is 0.0443 e. The van der Waals surface area contributed by atoms with Crippen LogP contribution in [0.3, 0.4) is 0 Å². The van der Waals surface area contributed by atoms with Crippen LogP contribution in [0.4, 0.5) is 0 Å². The zero-order valence-electron chi connectivity index (χ0n) is 16.1. The minimum Gasteiger partial charge on any atom is -0.290 e. The number of rotatable bonds is 5. The van der Waals surface area contributed by atoms with Crippen molar-refractivity contribution in [3.63, 3.8) is 0 Å². The van der Waals surface area contributed by atoms with Gasteiger partial charge in [0.15, 0.2) is 0 Å². The molecule has 0 saturated carbocycles. The van der Waals surface area contributed by atoms with E-state index in [9.17, 15) is 0 Å². The molecule has 0 aliphatic heterocycles. The lowest BCUT2D eigenvalue weighted by molar-refractivity contribution is 0.842. The molecule has 0 fully saturated rings. The lowest BCUT2D eigenvalue weighted by Crippen LogP contribution is -1.86. The average molecular weight is 337 g/mol. The molecule has 0 unspecified atom stereocenters. The van der Waals surface area contributed by atoms with E-state index in [0.717, 1.165) is 18.5 Å². The summed E-state index contributed by atoms with van der Waals surface area (Å²) in [6, 6.07) is 16.6. The Morgan fingerprint density at radius 1 is 1.08 bits per heavy atom. The minimum atomic E-state index is 0.397. The van der Waals surface area contributed by atoms with Crippen molar-refractivity contribution in [2.24, 2.45) is 4.99 Å². The first kappa shape index (κ1) is 22.5. The number of hydrogen-bond acceptors (Lipinski definition) is 2. The molecule has 25 heavy (non-hydrogen) atoms. The third-order valence-corrected chi connectivity index (χ3v) is 2.94. The maximum atomic E-state index is 4.15. The molecule has 0 saturated heterocycles. The molecule has 134 valence electrons. The van der Waals surface area contributed by atoms with Crippen LogP contribution in [0.25, 0.3) is 0 Å². The average Bonchev–Trinajstić information content (AvgIpc) is 2.64. The Bertz CT molecular complexity index is 584. The van der Waals surface area contributed by atoms with Gasteiger partial charge < -0.3 is 0 Å². The van der Waals surface area contributed by atoms with Crippen molar-refractivity contribution in [2.75, 3.05) is 0 Å². The van der Waals surface area contributed by atoms with Crippen molar-refractivity contribution >= 4 is 6.21 Å². The molecular formula is C23H32N2. The number of pyridine rings is 1. The summed E-state index contributed by atoms with van der Waals surface area (Å²) in [5, 5.41) is 0. The monoisotopic (exact) mass is 336 g/mol. The fourth-order valence-corrected chi connectivity index (χ4v) is 1.60. The Balaban J connectivity index is 0.000000350. The van der Waals surface area contributed by atoms with Gasteiger partial charge in [-0.25, -0.2) is 0 Å². The number of benzene rings is 1. The summed E-state index contributed by atoms with van der Waals surface area (Å²) in [6.45, 7) is 11.9. The highest BCUT2D eigenvalue weighted by atomic mass is 14.7. The molecule has 0 atom stereocenters. The summed E-state index contributed by atoms with van der Waals surface area (Å²) < 4.78 is 0. The van der Waals surface area contributed by atoms with E-state index in [1.165, 1.54) is 5.56 Å². The molecule has 1 aromatic heterocycles. The highest BCUT2D eigenvalue weighted by Gasteiger charge is 1.81. The summed E-state index contributed by atoms with van der Waals surface area (Å²) >= 11 is 0. The molecule has 1 aromatic carbocycles. The van der Waals surface area contributed by atoms with E-state index < -0.39 is 0 Å². The van der Waals surface area contributed by atoms with Gasteiger partial charge in [0.05, 0.1) is 0 Å². The molecule has 0 bridgehead atoms. The Hall–Kier alpha value is -2.48. The molecule has 0 amide bonds. The van der Waals surface area contributed by atoms with Gasteiger partial charge in [0.2, 0.25) is 0 Å². The quantitative estimate of drug-likeness (QED) is 0.469. The van der Waals surface area contributed by atoms with Crippen molar-refractivity contribution in [3.8, 4) is 0 Å². The molecule has 2 nitrogen and oxygen atoms in total. The van der Waals surface area contributed by atoms with E-state index in [1.54, 1.807) is 0 Å². The van der Waals surface area contributed by atoms with Gasteiger partial charge in [-0.05, 0) is 51.8 Å². The second-order valence-electron chi connectivity index (χ2n) is 5.67. The van der Waals surface area contributed by atoms with Gasteiger partial charge in [0.25, 0.3) is 0 Å². The van der Waals surface area contributed by atoms with Crippen LogP contribution < -0.4 is 0 Å². The van der Waals surface area contributed by atoms with E-state index in [2.05, 4.69) is 56.4 Å². The molecular weight excluding hydrogens is 304 g/mol. The first-order valence-corrected chi connectivity index (χ1v) is 8.80. The van der Waals surface area contributed by atoms with E-state index in [-0.39, 0.29) is 0 Å². The van der Waals surface area contributed by atoms with Crippen molar-refractivity contribution < 1.29 is 0 Å². The molecule has 0 radical (unpaired) electrons. The Morgan fingerprint density at radius 3 is 2.16 bits per heavy atom. The van der Waals surface area contributed by atoms with Gasteiger partial charge in [-0.3, -0.25) is 9.98 Å². The summed E-state index contributed by atoms with van der Waals surface area (Å²) in [6.07, 6.45) is 11.4. The fraction of sp³-hybridized carbons (Fsp3) is 0.304. The molecule has 2 aromatic rings. The third-order valence-electron chi connectivity index (χ3n) is 2.94. The van der Waals surface area contributed by atoms with Crippen molar-refractivity contribution in [3.05, 3.63) is 90.8 Å². The van der Waals surface area contributed by atoms with Gasteiger partial charge in [0.1, 0.15) is 0 Å². The van der Waals surface area contributed by atoms with Gasteiger partial charge in [-0.15, -0.1) is 6.58 Å². The van der Waals surface area contributed by atoms with Gasteiger partial charge >= 0.3 is 0 Å². The van der Waals surface area contributed by atoms with Crippen molar-refractivity contribution in [2.45, 2.75) is 46.6 Å². The van der Waals surface area contributed by atoms with Gasteiger partial charge in [-0.2, -0.15) is 0 Å². The number of allylic oxidation sites excluding steroid dienone is 3. The Labute approximate surface area is 154 Å². The molecule has 0 aliphatic carbocycles. The SMILES string of the molecule is C=CC/C=C\C=NC(C)C.CCc1ccccn1.Cc1ccccc1. The standard InChI is InChI=1S/C9H15N.C7H9N.C7H8/c1-4-5-6-7-8-10-9(2)3;1-2-7-5-3-4-6-8-7;1-7-5-3-2-4-6-7/h4,6-9H,1,5H2,2-3H3;3-6H,2H2,1H3;2-6H,1H3/b7-6-,10-8?;;. The van der Waals surface area contributed by atoms with Gasteiger partial charge in [0, 0.05) is 24.1 Å². The highest BCUT2D eigenvalue weighted by Crippen LogP contribution is 1.92.